The summed E-state index contributed by atoms with van der Waals surface area (Å²) in [7, 11) is 0. The van der Waals surface area contributed by atoms with Crippen molar-refractivity contribution in [2.24, 2.45) is 5.73 Å². The van der Waals surface area contributed by atoms with Crippen LogP contribution in [-0.4, -0.2) is 29.4 Å². The number of hydrogen-bond donors (Lipinski definition) is 2. The van der Waals surface area contributed by atoms with E-state index in [1.165, 1.54) is 0 Å². The molecule has 0 amide bonds. The first-order valence-electron chi connectivity index (χ1n) is 8.13. The minimum absolute atomic E-state index is 0.121. The predicted molar refractivity (Wildman–Crippen MR) is 97.1 cm³/mol. The molecule has 3 N–H and O–H groups in total. The summed E-state index contributed by atoms with van der Waals surface area (Å²) < 4.78 is 11.1. The summed E-state index contributed by atoms with van der Waals surface area (Å²) in [4.78, 5) is 4.28. The summed E-state index contributed by atoms with van der Waals surface area (Å²) in [5, 5.41) is 11.4. The van der Waals surface area contributed by atoms with Crippen molar-refractivity contribution < 1.29 is 14.6 Å². The smallest absolute Gasteiger partial charge is 0.213 e. The molecular formula is C18H20Cl2N2O3. The second-order valence-electron chi connectivity index (χ2n) is 6.00. The van der Waals surface area contributed by atoms with Crippen LogP contribution < -0.4 is 10.5 Å². The van der Waals surface area contributed by atoms with E-state index < -0.39 is 12.1 Å². The summed E-state index contributed by atoms with van der Waals surface area (Å²) in [5.41, 5.74) is 7.46. The van der Waals surface area contributed by atoms with Crippen LogP contribution in [0.25, 0.3) is 0 Å². The summed E-state index contributed by atoms with van der Waals surface area (Å²) in [5.74, 6) is 0.533. The molecule has 25 heavy (non-hydrogen) atoms. The standard InChI is InChI=1S/C18H20Cl2N2O3/c19-14-3-1-11(9-15(14)20)17(21)18(23)12-2-4-16(22-10-12)25-13-5-7-24-8-6-13/h1-4,9-10,13,17-18,23H,5-8,21H2/t17-,18+/m1/s1. The lowest BCUT2D eigenvalue weighted by molar-refractivity contribution is 0.0237. The molecule has 7 heteroatoms. The zero-order valence-corrected chi connectivity index (χ0v) is 15.1. The van der Waals surface area contributed by atoms with E-state index in [9.17, 15) is 5.11 Å². The average molecular weight is 383 g/mol. The Labute approximate surface area is 156 Å². The summed E-state index contributed by atoms with van der Waals surface area (Å²) in [6.45, 7) is 1.42. The van der Waals surface area contributed by atoms with Crippen LogP contribution in [0.15, 0.2) is 36.5 Å². The molecule has 1 aromatic carbocycles. The van der Waals surface area contributed by atoms with Gasteiger partial charge in [0.05, 0.1) is 35.4 Å². The number of aromatic nitrogens is 1. The highest BCUT2D eigenvalue weighted by molar-refractivity contribution is 6.42. The highest BCUT2D eigenvalue weighted by Crippen LogP contribution is 2.31. The van der Waals surface area contributed by atoms with Gasteiger partial charge >= 0.3 is 0 Å². The maximum Gasteiger partial charge on any atom is 0.213 e. The molecule has 134 valence electrons. The van der Waals surface area contributed by atoms with E-state index >= 15 is 0 Å². The Bertz CT molecular complexity index is 706. The van der Waals surface area contributed by atoms with Gasteiger partial charge in [0.15, 0.2) is 0 Å². The molecule has 0 spiro atoms. The first-order valence-corrected chi connectivity index (χ1v) is 8.89. The van der Waals surface area contributed by atoms with E-state index in [0.717, 1.165) is 12.8 Å². The molecule has 0 aliphatic carbocycles. The Morgan fingerprint density at radius 3 is 2.48 bits per heavy atom. The van der Waals surface area contributed by atoms with Crippen LogP contribution in [0, 0.1) is 0 Å². The number of hydrogen-bond acceptors (Lipinski definition) is 5. The van der Waals surface area contributed by atoms with Crippen LogP contribution in [0.2, 0.25) is 10.0 Å². The van der Waals surface area contributed by atoms with Crippen LogP contribution in [0.4, 0.5) is 0 Å². The molecule has 0 unspecified atom stereocenters. The van der Waals surface area contributed by atoms with Gasteiger partial charge in [-0.2, -0.15) is 0 Å². The fraction of sp³-hybridized carbons (Fsp3) is 0.389. The van der Waals surface area contributed by atoms with E-state index in [-0.39, 0.29) is 6.10 Å². The van der Waals surface area contributed by atoms with Gasteiger partial charge in [-0.1, -0.05) is 29.3 Å². The third-order valence-electron chi connectivity index (χ3n) is 4.23. The lowest BCUT2D eigenvalue weighted by Crippen LogP contribution is -2.26. The van der Waals surface area contributed by atoms with Gasteiger partial charge in [-0.05, 0) is 23.8 Å². The Morgan fingerprint density at radius 1 is 1.12 bits per heavy atom. The van der Waals surface area contributed by atoms with Crippen molar-refractivity contribution in [3.05, 3.63) is 57.7 Å². The number of aliphatic hydroxyl groups is 1. The molecule has 1 aliphatic rings. The van der Waals surface area contributed by atoms with Gasteiger partial charge in [0.1, 0.15) is 6.10 Å². The number of aliphatic hydroxyl groups excluding tert-OH is 1. The Balaban J connectivity index is 1.66. The van der Waals surface area contributed by atoms with Gasteiger partial charge in [0, 0.05) is 30.7 Å². The maximum atomic E-state index is 10.5. The Morgan fingerprint density at radius 2 is 1.84 bits per heavy atom. The van der Waals surface area contributed by atoms with Crippen LogP contribution in [0.5, 0.6) is 5.88 Å². The molecule has 0 saturated carbocycles. The van der Waals surface area contributed by atoms with E-state index in [1.54, 1.807) is 36.5 Å². The second kappa shape index (κ2) is 8.34. The molecule has 1 aromatic heterocycles. The summed E-state index contributed by atoms with van der Waals surface area (Å²) >= 11 is 11.9. The fourth-order valence-corrected chi connectivity index (χ4v) is 3.02. The quantitative estimate of drug-likeness (QED) is 0.824. The zero-order chi connectivity index (χ0) is 17.8. The van der Waals surface area contributed by atoms with Gasteiger partial charge in [-0.3, -0.25) is 0 Å². The number of ether oxygens (including phenoxy) is 2. The second-order valence-corrected chi connectivity index (χ2v) is 6.82. The van der Waals surface area contributed by atoms with Crippen molar-refractivity contribution in [2.45, 2.75) is 31.1 Å². The van der Waals surface area contributed by atoms with E-state index in [1.807, 2.05) is 0 Å². The van der Waals surface area contributed by atoms with Gasteiger partial charge < -0.3 is 20.3 Å². The van der Waals surface area contributed by atoms with Crippen molar-refractivity contribution in [3.8, 4) is 5.88 Å². The van der Waals surface area contributed by atoms with Crippen molar-refractivity contribution in [3.63, 3.8) is 0 Å². The number of benzene rings is 1. The van der Waals surface area contributed by atoms with Gasteiger partial charge in [0.25, 0.3) is 0 Å². The van der Waals surface area contributed by atoms with Gasteiger partial charge in [-0.25, -0.2) is 4.98 Å². The highest BCUT2D eigenvalue weighted by atomic mass is 35.5. The minimum atomic E-state index is -0.915. The third-order valence-corrected chi connectivity index (χ3v) is 4.96. The third kappa shape index (κ3) is 4.63. The molecule has 0 radical (unpaired) electrons. The first kappa shape index (κ1) is 18.4. The largest absolute Gasteiger partial charge is 0.474 e. The number of rotatable bonds is 5. The fourth-order valence-electron chi connectivity index (χ4n) is 2.71. The molecule has 1 aliphatic heterocycles. The highest BCUT2D eigenvalue weighted by Gasteiger charge is 2.21. The predicted octanol–water partition coefficient (Wildman–Crippen LogP) is 3.68. The molecule has 0 bridgehead atoms. The molecule has 3 rings (SSSR count). The van der Waals surface area contributed by atoms with Gasteiger partial charge in [0.2, 0.25) is 5.88 Å². The normalized spacial score (nSPS) is 17.9. The maximum absolute atomic E-state index is 10.5. The SMILES string of the molecule is N[C@H](c1ccc(Cl)c(Cl)c1)[C@@H](O)c1ccc(OC2CCOCC2)nc1. The van der Waals surface area contributed by atoms with E-state index in [4.69, 9.17) is 38.4 Å². The van der Waals surface area contributed by atoms with Crippen LogP contribution in [-0.2, 0) is 4.74 Å². The lowest BCUT2D eigenvalue weighted by Gasteiger charge is -2.23. The zero-order valence-electron chi connectivity index (χ0n) is 13.6. The summed E-state index contributed by atoms with van der Waals surface area (Å²) in [6.07, 6.45) is 2.50. The first-order chi connectivity index (χ1) is 12.0. The van der Waals surface area contributed by atoms with Crippen LogP contribution in [0.1, 0.15) is 36.1 Å². The monoisotopic (exact) mass is 382 g/mol. The number of nitrogens with zero attached hydrogens (tertiary/aromatic N) is 1. The number of halogens is 2. The number of nitrogens with two attached hydrogens (primary N) is 1. The van der Waals surface area contributed by atoms with Crippen molar-refractivity contribution in [2.75, 3.05) is 13.2 Å². The molecule has 1 saturated heterocycles. The van der Waals surface area contributed by atoms with E-state index in [0.29, 0.717) is 40.3 Å². The molecule has 5 nitrogen and oxygen atoms in total. The molecule has 2 aromatic rings. The molecule has 1 fully saturated rings. The molecular weight excluding hydrogens is 363 g/mol. The van der Waals surface area contributed by atoms with Crippen molar-refractivity contribution in [1.82, 2.24) is 4.98 Å². The lowest BCUT2D eigenvalue weighted by atomic mass is 9.98. The molecule has 2 heterocycles. The van der Waals surface area contributed by atoms with Crippen molar-refractivity contribution >= 4 is 23.2 Å². The Hall–Kier alpha value is -1.37. The number of pyridine rings is 1. The molecule has 2 atom stereocenters. The van der Waals surface area contributed by atoms with Crippen LogP contribution in [0.3, 0.4) is 0 Å². The minimum Gasteiger partial charge on any atom is -0.474 e. The topological polar surface area (TPSA) is 77.6 Å². The van der Waals surface area contributed by atoms with Gasteiger partial charge in [-0.15, -0.1) is 0 Å². The Kier molecular flexibility index (Phi) is 6.15. The van der Waals surface area contributed by atoms with E-state index in [2.05, 4.69) is 4.98 Å². The average Bonchev–Trinajstić information content (AvgIpc) is 2.64. The summed E-state index contributed by atoms with van der Waals surface area (Å²) in [6, 6.07) is 7.94. The van der Waals surface area contributed by atoms with Crippen LogP contribution >= 0.6 is 23.2 Å². The van der Waals surface area contributed by atoms with Crippen molar-refractivity contribution in [1.29, 1.82) is 0 Å².